The van der Waals surface area contributed by atoms with E-state index in [1.54, 1.807) is 0 Å². The number of nitrogen functional groups attached to an aromatic ring is 1. The van der Waals surface area contributed by atoms with E-state index in [2.05, 4.69) is 43.1 Å². The Morgan fingerprint density at radius 3 is 2.21 bits per heavy atom. The molecule has 2 nitrogen and oxygen atoms in total. The van der Waals surface area contributed by atoms with Crippen LogP contribution in [0.1, 0.15) is 16.7 Å². The fourth-order valence-corrected chi connectivity index (χ4v) is 2.18. The molecule has 0 saturated heterocycles. The molecular weight excluding hydrogens is 256 g/mol. The lowest BCUT2D eigenvalue weighted by Crippen LogP contribution is -2.17. The summed E-state index contributed by atoms with van der Waals surface area (Å²) in [6, 6.07) is 14.4. The van der Waals surface area contributed by atoms with Crippen LogP contribution in [0.3, 0.4) is 0 Å². The molecule has 2 rings (SSSR count). The van der Waals surface area contributed by atoms with Gasteiger partial charge in [-0.05, 0) is 37.2 Å². The molecule has 0 aliphatic carbocycles. The van der Waals surface area contributed by atoms with E-state index in [0.29, 0.717) is 10.7 Å². The number of benzene rings is 2. The van der Waals surface area contributed by atoms with Crippen LogP contribution in [0.5, 0.6) is 0 Å². The number of nitrogens with two attached hydrogens (primary N) is 1. The van der Waals surface area contributed by atoms with Crippen molar-refractivity contribution in [1.82, 2.24) is 4.90 Å². The Morgan fingerprint density at radius 2 is 1.58 bits per heavy atom. The van der Waals surface area contributed by atoms with Crippen molar-refractivity contribution in [2.24, 2.45) is 0 Å². The second-order valence-electron chi connectivity index (χ2n) is 5.01. The average Bonchev–Trinajstić information content (AvgIpc) is 2.37. The average molecular weight is 275 g/mol. The smallest absolute Gasteiger partial charge is 0.0635 e. The summed E-state index contributed by atoms with van der Waals surface area (Å²) in [5, 5.41) is 0.616. The van der Waals surface area contributed by atoms with Crippen molar-refractivity contribution >= 4 is 17.3 Å². The first-order valence-corrected chi connectivity index (χ1v) is 6.70. The summed E-state index contributed by atoms with van der Waals surface area (Å²) in [6.07, 6.45) is 0. The zero-order valence-corrected chi connectivity index (χ0v) is 12.1. The summed E-state index contributed by atoms with van der Waals surface area (Å²) in [7, 11) is 2.10. The molecule has 0 aliphatic heterocycles. The Hall–Kier alpha value is -1.51. The van der Waals surface area contributed by atoms with Crippen LogP contribution in [0.2, 0.25) is 5.02 Å². The van der Waals surface area contributed by atoms with Crippen molar-refractivity contribution in [2.75, 3.05) is 12.8 Å². The van der Waals surface area contributed by atoms with E-state index in [0.717, 1.165) is 13.1 Å². The summed E-state index contributed by atoms with van der Waals surface area (Å²) < 4.78 is 0. The number of aryl methyl sites for hydroxylation is 1. The highest BCUT2D eigenvalue weighted by molar-refractivity contribution is 6.33. The number of hydrogen-bond donors (Lipinski definition) is 1. The minimum atomic E-state index is 0.616. The predicted molar refractivity (Wildman–Crippen MR) is 82.2 cm³/mol. The van der Waals surface area contributed by atoms with E-state index in [1.165, 1.54) is 16.7 Å². The molecule has 0 unspecified atom stereocenters. The molecule has 2 aromatic carbocycles. The summed E-state index contributed by atoms with van der Waals surface area (Å²) >= 11 is 5.92. The fraction of sp³-hybridized carbons (Fsp3) is 0.250. The van der Waals surface area contributed by atoms with Crippen LogP contribution in [-0.4, -0.2) is 11.9 Å². The van der Waals surface area contributed by atoms with Gasteiger partial charge in [-0.25, -0.2) is 0 Å². The Kier molecular flexibility index (Phi) is 4.46. The number of anilines is 1. The van der Waals surface area contributed by atoms with Crippen molar-refractivity contribution in [3.8, 4) is 0 Å². The van der Waals surface area contributed by atoms with Crippen LogP contribution in [0, 0.1) is 6.92 Å². The van der Waals surface area contributed by atoms with E-state index in [4.69, 9.17) is 17.3 Å². The third kappa shape index (κ3) is 3.98. The van der Waals surface area contributed by atoms with E-state index < -0.39 is 0 Å². The molecule has 0 aromatic heterocycles. The molecule has 0 radical (unpaired) electrons. The molecule has 3 heteroatoms. The molecule has 0 fully saturated rings. The lowest BCUT2D eigenvalue weighted by Gasteiger charge is -2.17. The van der Waals surface area contributed by atoms with Gasteiger partial charge in [0.1, 0.15) is 0 Å². The number of rotatable bonds is 4. The van der Waals surface area contributed by atoms with Gasteiger partial charge >= 0.3 is 0 Å². The number of hydrogen-bond acceptors (Lipinski definition) is 2. The maximum atomic E-state index is 5.92. The predicted octanol–water partition coefficient (Wildman–Crippen LogP) is 3.86. The molecule has 0 amide bonds. The van der Waals surface area contributed by atoms with Crippen LogP contribution in [0.4, 0.5) is 5.69 Å². The van der Waals surface area contributed by atoms with E-state index in [9.17, 15) is 0 Å². The molecule has 0 spiro atoms. The van der Waals surface area contributed by atoms with Gasteiger partial charge < -0.3 is 5.73 Å². The highest BCUT2D eigenvalue weighted by Crippen LogP contribution is 2.20. The summed E-state index contributed by atoms with van der Waals surface area (Å²) in [5.74, 6) is 0. The topological polar surface area (TPSA) is 29.3 Å². The molecule has 0 heterocycles. The standard InChI is InChI=1S/C16H19ClN2/c1-12-3-5-13(6-4-12)10-19(2)11-14-7-8-15(17)16(18)9-14/h3-9H,10-11,18H2,1-2H3. The first-order chi connectivity index (χ1) is 9.04. The molecule has 0 atom stereocenters. The molecule has 2 N–H and O–H groups in total. The minimum absolute atomic E-state index is 0.616. The Morgan fingerprint density at radius 1 is 1.00 bits per heavy atom. The molecule has 19 heavy (non-hydrogen) atoms. The Balaban J connectivity index is 1.98. The SMILES string of the molecule is Cc1ccc(CN(C)Cc2ccc(Cl)c(N)c2)cc1. The number of halogens is 1. The first-order valence-electron chi connectivity index (χ1n) is 6.32. The van der Waals surface area contributed by atoms with Crippen LogP contribution < -0.4 is 5.73 Å². The lowest BCUT2D eigenvalue weighted by molar-refractivity contribution is 0.319. The van der Waals surface area contributed by atoms with Crippen LogP contribution in [-0.2, 0) is 13.1 Å². The van der Waals surface area contributed by atoms with Crippen molar-refractivity contribution in [1.29, 1.82) is 0 Å². The monoisotopic (exact) mass is 274 g/mol. The van der Waals surface area contributed by atoms with Gasteiger partial charge in [0.25, 0.3) is 0 Å². The van der Waals surface area contributed by atoms with Gasteiger partial charge in [-0.15, -0.1) is 0 Å². The van der Waals surface area contributed by atoms with Gasteiger partial charge in [0.05, 0.1) is 10.7 Å². The highest BCUT2D eigenvalue weighted by atomic mass is 35.5. The Bertz CT molecular complexity index is 549. The molecular formula is C16H19ClN2. The van der Waals surface area contributed by atoms with Crippen LogP contribution in [0.25, 0.3) is 0 Å². The van der Waals surface area contributed by atoms with Gasteiger partial charge in [-0.3, -0.25) is 4.90 Å². The normalized spacial score (nSPS) is 10.9. The lowest BCUT2D eigenvalue weighted by atomic mass is 10.1. The maximum absolute atomic E-state index is 5.92. The summed E-state index contributed by atoms with van der Waals surface area (Å²) in [5.41, 5.74) is 10.2. The minimum Gasteiger partial charge on any atom is -0.398 e. The van der Waals surface area contributed by atoms with E-state index in [1.807, 2.05) is 18.2 Å². The van der Waals surface area contributed by atoms with Crippen molar-refractivity contribution in [3.63, 3.8) is 0 Å². The second-order valence-corrected chi connectivity index (χ2v) is 5.42. The molecule has 100 valence electrons. The van der Waals surface area contributed by atoms with E-state index >= 15 is 0 Å². The molecule has 0 saturated carbocycles. The van der Waals surface area contributed by atoms with Crippen molar-refractivity contribution in [2.45, 2.75) is 20.0 Å². The first kappa shape index (κ1) is 13.9. The van der Waals surface area contributed by atoms with Crippen molar-refractivity contribution in [3.05, 3.63) is 64.2 Å². The highest BCUT2D eigenvalue weighted by Gasteiger charge is 2.04. The van der Waals surface area contributed by atoms with E-state index in [-0.39, 0.29) is 0 Å². The van der Waals surface area contributed by atoms with Gasteiger partial charge in [0.2, 0.25) is 0 Å². The molecule has 2 aromatic rings. The van der Waals surface area contributed by atoms with Gasteiger partial charge in [-0.1, -0.05) is 47.5 Å². The molecule has 0 bridgehead atoms. The van der Waals surface area contributed by atoms with Crippen LogP contribution >= 0.6 is 11.6 Å². The quantitative estimate of drug-likeness (QED) is 0.858. The summed E-state index contributed by atoms with van der Waals surface area (Å²) in [4.78, 5) is 2.26. The third-order valence-corrected chi connectivity index (χ3v) is 3.43. The fourth-order valence-electron chi connectivity index (χ4n) is 2.06. The second kappa shape index (κ2) is 6.09. The van der Waals surface area contributed by atoms with Gasteiger partial charge in [0, 0.05) is 13.1 Å². The van der Waals surface area contributed by atoms with Gasteiger partial charge in [0.15, 0.2) is 0 Å². The largest absolute Gasteiger partial charge is 0.398 e. The third-order valence-electron chi connectivity index (χ3n) is 3.09. The maximum Gasteiger partial charge on any atom is 0.0635 e. The van der Waals surface area contributed by atoms with Crippen LogP contribution in [0.15, 0.2) is 42.5 Å². The molecule has 0 aliphatic rings. The number of nitrogens with zero attached hydrogens (tertiary/aromatic N) is 1. The Labute approximate surface area is 119 Å². The summed E-state index contributed by atoms with van der Waals surface area (Å²) in [6.45, 7) is 3.88. The zero-order valence-electron chi connectivity index (χ0n) is 11.4. The van der Waals surface area contributed by atoms with Gasteiger partial charge in [-0.2, -0.15) is 0 Å². The zero-order chi connectivity index (χ0) is 13.8. The van der Waals surface area contributed by atoms with Crippen molar-refractivity contribution < 1.29 is 0 Å².